The molecule has 2 aromatic rings. The summed E-state index contributed by atoms with van der Waals surface area (Å²) >= 11 is 9.69. The van der Waals surface area contributed by atoms with Gasteiger partial charge in [0.1, 0.15) is 10.9 Å². The fraction of sp³-hybridized carbons (Fsp3) is 0.333. The van der Waals surface area contributed by atoms with Crippen molar-refractivity contribution in [3.63, 3.8) is 0 Å². The molecule has 0 aliphatic carbocycles. The summed E-state index contributed by atoms with van der Waals surface area (Å²) in [6, 6.07) is 4.00. The second-order valence-corrected chi connectivity index (χ2v) is 5.27. The first-order chi connectivity index (χ1) is 7.54. The number of benzene rings is 1. The molecule has 16 heavy (non-hydrogen) atoms. The van der Waals surface area contributed by atoms with Crippen molar-refractivity contribution in [1.29, 1.82) is 0 Å². The van der Waals surface area contributed by atoms with Gasteiger partial charge in [-0.2, -0.15) is 0 Å². The molecule has 0 amide bonds. The predicted octanol–water partition coefficient (Wildman–Crippen LogP) is 4.72. The van der Waals surface area contributed by atoms with E-state index in [2.05, 4.69) is 34.8 Å². The highest BCUT2D eigenvalue weighted by atomic mass is 79.9. The Balaban J connectivity index is 2.76. The van der Waals surface area contributed by atoms with Crippen molar-refractivity contribution >= 4 is 38.4 Å². The quantitative estimate of drug-likeness (QED) is 0.853. The van der Waals surface area contributed by atoms with Crippen LogP contribution >= 0.6 is 27.5 Å². The van der Waals surface area contributed by atoms with Gasteiger partial charge in [-0.3, -0.25) is 0 Å². The van der Waals surface area contributed by atoms with Crippen LogP contribution in [0.4, 0.5) is 0 Å². The highest BCUT2D eigenvalue weighted by Crippen LogP contribution is 2.37. The van der Waals surface area contributed by atoms with Crippen LogP contribution in [0.25, 0.3) is 10.9 Å². The number of aromatic amines is 1. The summed E-state index contributed by atoms with van der Waals surface area (Å²) in [6.07, 6.45) is 0. The third kappa shape index (κ3) is 1.82. The fourth-order valence-electron chi connectivity index (χ4n) is 1.90. The molecule has 0 saturated heterocycles. The lowest BCUT2D eigenvalue weighted by molar-refractivity contribution is 0.413. The Morgan fingerprint density at radius 1 is 1.38 bits per heavy atom. The summed E-state index contributed by atoms with van der Waals surface area (Å²) in [5.74, 6) is 1.20. The molecule has 0 atom stereocenters. The molecule has 0 spiro atoms. The number of hydrogen-bond donors (Lipinski definition) is 1. The average Bonchev–Trinajstić information content (AvgIpc) is 2.51. The Kier molecular flexibility index (Phi) is 3.17. The van der Waals surface area contributed by atoms with Crippen LogP contribution in [0, 0.1) is 0 Å². The van der Waals surface area contributed by atoms with Crippen LogP contribution in [0.1, 0.15) is 25.3 Å². The average molecular weight is 303 g/mol. The Morgan fingerprint density at radius 3 is 2.62 bits per heavy atom. The highest BCUT2D eigenvalue weighted by Gasteiger charge is 2.15. The predicted molar refractivity (Wildman–Crippen MR) is 71.6 cm³/mol. The third-order valence-electron chi connectivity index (χ3n) is 2.64. The molecule has 0 radical (unpaired) electrons. The van der Waals surface area contributed by atoms with E-state index in [-0.39, 0.29) is 0 Å². The number of fused-ring (bicyclic) bond motifs is 1. The minimum atomic E-state index is 0.390. The number of ether oxygens (including phenoxy) is 1. The number of halogens is 2. The zero-order valence-corrected chi connectivity index (χ0v) is 11.7. The Labute approximate surface area is 108 Å². The summed E-state index contributed by atoms with van der Waals surface area (Å²) in [4.78, 5) is 3.17. The van der Waals surface area contributed by atoms with E-state index in [4.69, 9.17) is 16.3 Å². The number of hydrogen-bond acceptors (Lipinski definition) is 1. The van der Waals surface area contributed by atoms with Gasteiger partial charge in [-0.25, -0.2) is 0 Å². The Morgan fingerprint density at radius 2 is 2.06 bits per heavy atom. The second-order valence-electron chi connectivity index (χ2n) is 4.04. The number of nitrogens with one attached hydrogen (secondary N) is 1. The van der Waals surface area contributed by atoms with Gasteiger partial charge in [0.15, 0.2) is 0 Å². The molecule has 2 nitrogen and oxygen atoms in total. The zero-order chi connectivity index (χ0) is 11.9. The van der Waals surface area contributed by atoms with Gasteiger partial charge >= 0.3 is 0 Å². The molecule has 2 rings (SSSR count). The van der Waals surface area contributed by atoms with Gasteiger partial charge in [0.2, 0.25) is 0 Å². The largest absolute Gasteiger partial charge is 0.495 e. The monoisotopic (exact) mass is 301 g/mol. The summed E-state index contributed by atoms with van der Waals surface area (Å²) < 4.78 is 6.20. The van der Waals surface area contributed by atoms with Crippen LogP contribution in [-0.2, 0) is 0 Å². The van der Waals surface area contributed by atoms with Crippen molar-refractivity contribution in [2.75, 3.05) is 7.11 Å². The molecule has 0 saturated carbocycles. The lowest BCUT2D eigenvalue weighted by atomic mass is 10.0. The van der Waals surface area contributed by atoms with E-state index < -0.39 is 0 Å². The van der Waals surface area contributed by atoms with Crippen molar-refractivity contribution in [2.45, 2.75) is 19.8 Å². The molecule has 86 valence electrons. The van der Waals surface area contributed by atoms with Gasteiger partial charge in [-0.1, -0.05) is 25.4 Å². The first-order valence-corrected chi connectivity index (χ1v) is 6.26. The lowest BCUT2D eigenvalue weighted by Crippen LogP contribution is -1.87. The molecule has 1 aromatic heterocycles. The topological polar surface area (TPSA) is 25.0 Å². The fourth-order valence-corrected chi connectivity index (χ4v) is 2.83. The summed E-state index contributed by atoms with van der Waals surface area (Å²) in [6.45, 7) is 4.26. The van der Waals surface area contributed by atoms with Gasteiger partial charge in [0.05, 0.1) is 17.1 Å². The molecule has 0 unspecified atom stereocenters. The van der Waals surface area contributed by atoms with Crippen molar-refractivity contribution in [2.24, 2.45) is 0 Å². The number of H-pyrrole nitrogens is 1. The van der Waals surface area contributed by atoms with Crippen LogP contribution in [0.2, 0.25) is 5.15 Å². The lowest BCUT2D eigenvalue weighted by Gasteiger charge is -2.06. The first kappa shape index (κ1) is 11.8. The first-order valence-electron chi connectivity index (χ1n) is 5.09. The van der Waals surface area contributed by atoms with Crippen LogP contribution < -0.4 is 4.74 Å². The molecular formula is C12H13BrClNO. The van der Waals surface area contributed by atoms with Crippen LogP contribution in [0.15, 0.2) is 16.6 Å². The SMILES string of the molecule is COc1cc2[nH]c(Cl)c(C(C)C)c2cc1Br. The van der Waals surface area contributed by atoms with E-state index in [0.717, 1.165) is 26.7 Å². The van der Waals surface area contributed by atoms with Gasteiger partial charge in [-0.05, 0) is 33.5 Å². The molecule has 0 aliphatic heterocycles. The molecular weight excluding hydrogens is 289 g/mol. The molecule has 4 heteroatoms. The molecule has 0 aliphatic rings. The molecule has 1 heterocycles. The molecule has 0 bridgehead atoms. The maximum atomic E-state index is 6.20. The van der Waals surface area contributed by atoms with E-state index in [9.17, 15) is 0 Å². The van der Waals surface area contributed by atoms with E-state index in [1.165, 1.54) is 0 Å². The van der Waals surface area contributed by atoms with Crippen molar-refractivity contribution in [3.05, 3.63) is 27.3 Å². The summed E-state index contributed by atoms with van der Waals surface area (Å²) in [7, 11) is 1.65. The standard InChI is InChI=1S/C12H13BrClNO/c1-6(2)11-7-4-8(13)10(16-3)5-9(7)15-12(11)14/h4-6,15H,1-3H3. The minimum Gasteiger partial charge on any atom is -0.495 e. The van der Waals surface area contributed by atoms with Gasteiger partial charge in [-0.15, -0.1) is 0 Å². The normalized spacial score (nSPS) is 11.4. The third-order valence-corrected chi connectivity index (χ3v) is 3.56. The van der Waals surface area contributed by atoms with Gasteiger partial charge in [0.25, 0.3) is 0 Å². The van der Waals surface area contributed by atoms with Gasteiger partial charge < -0.3 is 9.72 Å². The highest BCUT2D eigenvalue weighted by molar-refractivity contribution is 9.10. The second kappa shape index (κ2) is 4.30. The van der Waals surface area contributed by atoms with Crippen LogP contribution in [0.5, 0.6) is 5.75 Å². The van der Waals surface area contributed by atoms with Crippen molar-refractivity contribution in [3.8, 4) is 5.75 Å². The Bertz CT molecular complexity index is 533. The van der Waals surface area contributed by atoms with Crippen molar-refractivity contribution < 1.29 is 4.74 Å². The molecule has 1 aromatic carbocycles. The van der Waals surface area contributed by atoms with E-state index in [1.807, 2.05) is 12.1 Å². The van der Waals surface area contributed by atoms with Crippen LogP contribution in [0.3, 0.4) is 0 Å². The maximum absolute atomic E-state index is 6.20. The van der Waals surface area contributed by atoms with Crippen molar-refractivity contribution in [1.82, 2.24) is 4.98 Å². The summed E-state index contributed by atoms with van der Waals surface area (Å²) in [5, 5.41) is 1.86. The Hall–Kier alpha value is -0.670. The number of aromatic nitrogens is 1. The van der Waals surface area contributed by atoms with E-state index in [1.54, 1.807) is 7.11 Å². The number of rotatable bonds is 2. The molecule has 0 fully saturated rings. The zero-order valence-electron chi connectivity index (χ0n) is 9.40. The number of methoxy groups -OCH3 is 1. The van der Waals surface area contributed by atoms with E-state index >= 15 is 0 Å². The smallest absolute Gasteiger partial charge is 0.135 e. The van der Waals surface area contributed by atoms with Gasteiger partial charge in [0, 0.05) is 11.5 Å². The maximum Gasteiger partial charge on any atom is 0.135 e. The minimum absolute atomic E-state index is 0.390. The van der Waals surface area contributed by atoms with Crippen LogP contribution in [-0.4, -0.2) is 12.1 Å². The summed E-state index contributed by atoms with van der Waals surface area (Å²) in [5.41, 5.74) is 2.16. The van der Waals surface area contributed by atoms with E-state index in [0.29, 0.717) is 11.1 Å². The molecule has 1 N–H and O–H groups in total.